The van der Waals surface area contributed by atoms with Gasteiger partial charge in [0, 0.05) is 51.7 Å². The molecule has 1 N–H and O–H groups in total. The number of hydrogen-bond acceptors (Lipinski definition) is 6. The van der Waals surface area contributed by atoms with Gasteiger partial charge in [-0.3, -0.25) is 14.7 Å². The van der Waals surface area contributed by atoms with Crippen LogP contribution in [-0.4, -0.2) is 83.2 Å². The number of aliphatic carboxylic acids is 1. The van der Waals surface area contributed by atoms with Gasteiger partial charge < -0.3 is 14.9 Å². The predicted octanol–water partition coefficient (Wildman–Crippen LogP) is 1.94. The van der Waals surface area contributed by atoms with Gasteiger partial charge in [-0.1, -0.05) is 12.1 Å². The summed E-state index contributed by atoms with van der Waals surface area (Å²) >= 11 is 0. The number of hydrogen-bond donors (Lipinski definition) is 1. The van der Waals surface area contributed by atoms with Crippen LogP contribution < -0.4 is 4.90 Å². The molecule has 28 heavy (non-hydrogen) atoms. The van der Waals surface area contributed by atoms with Crippen LogP contribution in [-0.2, 0) is 4.79 Å². The Morgan fingerprint density at radius 3 is 2.64 bits per heavy atom. The van der Waals surface area contributed by atoms with Gasteiger partial charge in [-0.25, -0.2) is 4.98 Å². The van der Waals surface area contributed by atoms with Crippen molar-refractivity contribution in [3.8, 4) is 0 Å². The Balaban J connectivity index is 1.50. The third-order valence-corrected chi connectivity index (χ3v) is 6.19. The maximum atomic E-state index is 11.2. The van der Waals surface area contributed by atoms with E-state index >= 15 is 0 Å². The largest absolute Gasteiger partial charge is 0.481 e. The minimum Gasteiger partial charge on any atom is -0.481 e. The lowest BCUT2D eigenvalue weighted by molar-refractivity contribution is -0.137. The standard InChI is InChI=1S/C21H29N5O2/c1-24-10-12-25(13-11-24)19-8-9-26(15-16(19)6-7-21(27)28)20-14-22-17-4-2-3-5-18(17)23-20/h2-5,14,16,19H,6-13,15H2,1H3,(H,27,28)/t16-,19+/m0/s1. The monoisotopic (exact) mass is 383 g/mol. The van der Waals surface area contributed by atoms with Crippen LogP contribution in [0.3, 0.4) is 0 Å². The number of carboxylic acids is 1. The molecule has 0 amide bonds. The number of nitrogens with zero attached hydrogens (tertiary/aromatic N) is 5. The summed E-state index contributed by atoms with van der Waals surface area (Å²) in [5.41, 5.74) is 1.81. The molecular formula is C21H29N5O2. The Bertz CT molecular complexity index is 821. The topological polar surface area (TPSA) is 72.8 Å². The number of likely N-dealkylation sites (N-methyl/N-ethyl adjacent to an activating group) is 1. The van der Waals surface area contributed by atoms with Gasteiger partial charge in [-0.05, 0) is 37.9 Å². The molecule has 0 bridgehead atoms. The van der Waals surface area contributed by atoms with E-state index in [4.69, 9.17) is 4.98 Å². The van der Waals surface area contributed by atoms with Crippen molar-refractivity contribution in [1.82, 2.24) is 19.8 Å². The quantitative estimate of drug-likeness (QED) is 0.846. The van der Waals surface area contributed by atoms with Gasteiger partial charge >= 0.3 is 5.97 Å². The third-order valence-electron chi connectivity index (χ3n) is 6.19. The van der Waals surface area contributed by atoms with E-state index in [2.05, 4.69) is 26.7 Å². The van der Waals surface area contributed by atoms with E-state index in [-0.39, 0.29) is 6.42 Å². The second-order valence-electron chi connectivity index (χ2n) is 8.05. The summed E-state index contributed by atoms with van der Waals surface area (Å²) in [6.07, 6.45) is 3.84. The van der Waals surface area contributed by atoms with Crippen molar-refractivity contribution in [3.05, 3.63) is 30.5 Å². The zero-order valence-electron chi connectivity index (χ0n) is 16.5. The highest BCUT2D eigenvalue weighted by Crippen LogP contribution is 2.29. The Morgan fingerprint density at radius 2 is 1.89 bits per heavy atom. The van der Waals surface area contributed by atoms with Crippen LogP contribution in [0.15, 0.2) is 30.5 Å². The molecule has 2 atom stereocenters. The normalized spacial score (nSPS) is 24.5. The molecule has 1 aromatic carbocycles. The number of carboxylic acid groups (broad SMARTS) is 1. The third kappa shape index (κ3) is 4.25. The Labute approximate surface area is 166 Å². The highest BCUT2D eigenvalue weighted by Gasteiger charge is 2.35. The summed E-state index contributed by atoms with van der Waals surface area (Å²) in [6.45, 7) is 6.09. The number of piperazine rings is 1. The molecular weight excluding hydrogens is 354 g/mol. The van der Waals surface area contributed by atoms with Crippen LogP contribution in [0.5, 0.6) is 0 Å². The molecule has 1 aromatic heterocycles. The number of para-hydroxylation sites is 2. The van der Waals surface area contributed by atoms with E-state index < -0.39 is 5.97 Å². The molecule has 3 heterocycles. The first-order chi connectivity index (χ1) is 13.6. The fourth-order valence-corrected chi connectivity index (χ4v) is 4.55. The van der Waals surface area contributed by atoms with Crippen LogP contribution in [0.1, 0.15) is 19.3 Å². The average Bonchev–Trinajstić information content (AvgIpc) is 2.72. The van der Waals surface area contributed by atoms with Crippen molar-refractivity contribution >= 4 is 22.8 Å². The number of fused-ring (bicyclic) bond motifs is 1. The molecule has 7 heteroatoms. The van der Waals surface area contributed by atoms with Crippen molar-refractivity contribution in [2.75, 3.05) is 51.2 Å². The van der Waals surface area contributed by atoms with Gasteiger partial charge in [0.1, 0.15) is 5.82 Å². The van der Waals surface area contributed by atoms with Gasteiger partial charge in [-0.2, -0.15) is 0 Å². The first-order valence-electron chi connectivity index (χ1n) is 10.2. The van der Waals surface area contributed by atoms with E-state index in [9.17, 15) is 9.90 Å². The fraction of sp³-hybridized carbons (Fsp3) is 0.571. The van der Waals surface area contributed by atoms with Gasteiger partial charge in [0.2, 0.25) is 0 Å². The minimum absolute atomic E-state index is 0.228. The number of anilines is 1. The molecule has 150 valence electrons. The van der Waals surface area contributed by atoms with Crippen LogP contribution in [0.4, 0.5) is 5.82 Å². The van der Waals surface area contributed by atoms with E-state index in [1.807, 2.05) is 30.5 Å². The molecule has 0 saturated carbocycles. The molecule has 2 aromatic rings. The minimum atomic E-state index is -0.709. The van der Waals surface area contributed by atoms with E-state index in [0.717, 1.165) is 62.5 Å². The van der Waals surface area contributed by atoms with Crippen LogP contribution in [0, 0.1) is 5.92 Å². The number of piperidine rings is 1. The molecule has 0 radical (unpaired) electrons. The molecule has 0 spiro atoms. The highest BCUT2D eigenvalue weighted by molar-refractivity contribution is 5.75. The van der Waals surface area contributed by atoms with Gasteiger partial charge in [0.25, 0.3) is 0 Å². The van der Waals surface area contributed by atoms with Crippen molar-refractivity contribution in [2.45, 2.75) is 25.3 Å². The first kappa shape index (κ1) is 19.1. The molecule has 7 nitrogen and oxygen atoms in total. The number of carbonyl (C=O) groups is 1. The molecule has 2 aliphatic heterocycles. The molecule has 0 unspecified atom stereocenters. The van der Waals surface area contributed by atoms with E-state index in [0.29, 0.717) is 18.4 Å². The summed E-state index contributed by atoms with van der Waals surface area (Å²) in [4.78, 5) is 27.8. The maximum Gasteiger partial charge on any atom is 0.303 e. The predicted molar refractivity (Wildman–Crippen MR) is 110 cm³/mol. The average molecular weight is 383 g/mol. The number of aromatic nitrogens is 2. The van der Waals surface area contributed by atoms with Crippen LogP contribution >= 0.6 is 0 Å². The second-order valence-corrected chi connectivity index (χ2v) is 8.05. The Morgan fingerprint density at radius 1 is 1.14 bits per heavy atom. The summed E-state index contributed by atoms with van der Waals surface area (Å²) in [5.74, 6) is 0.525. The van der Waals surface area contributed by atoms with Crippen molar-refractivity contribution < 1.29 is 9.90 Å². The van der Waals surface area contributed by atoms with Crippen LogP contribution in [0.25, 0.3) is 11.0 Å². The Kier molecular flexibility index (Phi) is 5.73. The maximum absolute atomic E-state index is 11.2. The lowest BCUT2D eigenvalue weighted by atomic mass is 9.86. The van der Waals surface area contributed by atoms with Crippen molar-refractivity contribution in [2.24, 2.45) is 5.92 Å². The van der Waals surface area contributed by atoms with Crippen LogP contribution in [0.2, 0.25) is 0 Å². The zero-order valence-corrected chi connectivity index (χ0v) is 16.5. The van der Waals surface area contributed by atoms with Gasteiger partial charge in [-0.15, -0.1) is 0 Å². The fourth-order valence-electron chi connectivity index (χ4n) is 4.55. The lowest BCUT2D eigenvalue weighted by Gasteiger charge is -2.46. The summed E-state index contributed by atoms with van der Waals surface area (Å²) in [7, 11) is 2.17. The van der Waals surface area contributed by atoms with Gasteiger partial charge in [0.15, 0.2) is 0 Å². The number of rotatable bonds is 5. The molecule has 2 fully saturated rings. The summed E-state index contributed by atoms with van der Waals surface area (Å²) in [6, 6.07) is 8.38. The highest BCUT2D eigenvalue weighted by atomic mass is 16.4. The Hall–Kier alpha value is -2.25. The SMILES string of the molecule is CN1CCN([C@@H]2CCN(c3cnc4ccccc4n3)C[C@@H]2CCC(=O)O)CC1. The molecule has 0 aliphatic carbocycles. The van der Waals surface area contributed by atoms with E-state index in [1.165, 1.54) is 0 Å². The molecule has 4 rings (SSSR count). The molecule has 2 saturated heterocycles. The molecule has 2 aliphatic rings. The second kappa shape index (κ2) is 8.41. The van der Waals surface area contributed by atoms with Crippen molar-refractivity contribution in [1.29, 1.82) is 0 Å². The van der Waals surface area contributed by atoms with E-state index in [1.54, 1.807) is 0 Å². The van der Waals surface area contributed by atoms with Gasteiger partial charge in [0.05, 0.1) is 17.2 Å². The summed E-state index contributed by atoms with van der Waals surface area (Å²) in [5, 5.41) is 9.22. The zero-order chi connectivity index (χ0) is 19.5. The van der Waals surface area contributed by atoms with Crippen molar-refractivity contribution in [3.63, 3.8) is 0 Å². The smallest absolute Gasteiger partial charge is 0.303 e. The lowest BCUT2D eigenvalue weighted by Crippen LogP contribution is -2.56. The first-order valence-corrected chi connectivity index (χ1v) is 10.2. The number of benzene rings is 1. The summed E-state index contributed by atoms with van der Waals surface area (Å²) < 4.78 is 0.